The van der Waals surface area contributed by atoms with E-state index in [1.807, 2.05) is 6.07 Å². The lowest BCUT2D eigenvalue weighted by molar-refractivity contribution is 0.842. The summed E-state index contributed by atoms with van der Waals surface area (Å²) in [6.45, 7) is 2.08. The van der Waals surface area contributed by atoms with Crippen LogP contribution >= 0.6 is 12.2 Å². The third-order valence-corrected chi connectivity index (χ3v) is 1.18. The standard InChI is InChI=1S/C6H9NS/c1-2-3-4-6(8)5-7/h2-4H2,1H3. The zero-order chi connectivity index (χ0) is 6.41. The molecule has 0 heterocycles. The quantitative estimate of drug-likeness (QED) is 0.542. The van der Waals surface area contributed by atoms with E-state index in [-0.39, 0.29) is 0 Å². The van der Waals surface area contributed by atoms with Crippen LogP contribution < -0.4 is 0 Å². The summed E-state index contributed by atoms with van der Waals surface area (Å²) in [5.74, 6) is 0. The first-order valence-electron chi connectivity index (χ1n) is 2.74. The van der Waals surface area contributed by atoms with Gasteiger partial charge in [-0.3, -0.25) is 0 Å². The Morgan fingerprint density at radius 2 is 2.38 bits per heavy atom. The summed E-state index contributed by atoms with van der Waals surface area (Å²) in [6, 6.07) is 1.93. The van der Waals surface area contributed by atoms with Crippen molar-refractivity contribution >= 4 is 17.1 Å². The fraction of sp³-hybridized carbons (Fsp3) is 0.667. The number of hydrogen-bond acceptors (Lipinski definition) is 2. The van der Waals surface area contributed by atoms with Gasteiger partial charge in [0, 0.05) is 0 Å². The molecular formula is C6H9NS. The molecule has 0 radical (unpaired) electrons. The fourth-order valence-corrected chi connectivity index (χ4v) is 0.538. The molecule has 0 aliphatic carbocycles. The van der Waals surface area contributed by atoms with E-state index in [0.29, 0.717) is 4.86 Å². The monoisotopic (exact) mass is 127 g/mol. The Bertz CT molecular complexity index is 112. The molecule has 0 atom stereocenters. The van der Waals surface area contributed by atoms with Gasteiger partial charge in [0.05, 0.1) is 4.86 Å². The van der Waals surface area contributed by atoms with Gasteiger partial charge in [-0.25, -0.2) is 0 Å². The fourth-order valence-electron chi connectivity index (χ4n) is 0.393. The number of unbranched alkanes of at least 4 members (excludes halogenated alkanes) is 1. The molecule has 0 unspecified atom stereocenters. The predicted octanol–water partition coefficient (Wildman–Crippen LogP) is 2.07. The van der Waals surface area contributed by atoms with Crippen LogP contribution in [0.3, 0.4) is 0 Å². The summed E-state index contributed by atoms with van der Waals surface area (Å²) in [7, 11) is 0. The van der Waals surface area contributed by atoms with Gasteiger partial charge in [0.2, 0.25) is 0 Å². The van der Waals surface area contributed by atoms with Crippen LogP contribution in [0.1, 0.15) is 26.2 Å². The summed E-state index contributed by atoms with van der Waals surface area (Å²) in [5.41, 5.74) is 0. The van der Waals surface area contributed by atoms with Crippen LogP contribution in [-0.2, 0) is 0 Å². The van der Waals surface area contributed by atoms with Crippen LogP contribution in [0, 0.1) is 11.3 Å². The van der Waals surface area contributed by atoms with Crippen LogP contribution in [0.4, 0.5) is 0 Å². The number of thiocarbonyl (C=S) groups is 1. The highest BCUT2D eigenvalue weighted by Crippen LogP contribution is 1.95. The molecule has 0 saturated heterocycles. The summed E-state index contributed by atoms with van der Waals surface area (Å²) < 4.78 is 0. The molecule has 0 aromatic rings. The maximum atomic E-state index is 8.17. The Labute approximate surface area is 55.3 Å². The Balaban J connectivity index is 3.16. The summed E-state index contributed by atoms with van der Waals surface area (Å²) >= 11 is 4.66. The molecule has 0 aromatic carbocycles. The van der Waals surface area contributed by atoms with E-state index in [2.05, 4.69) is 19.1 Å². The normalized spacial score (nSPS) is 8.00. The third kappa shape index (κ3) is 3.76. The molecule has 0 fully saturated rings. The first-order chi connectivity index (χ1) is 3.81. The van der Waals surface area contributed by atoms with Gasteiger partial charge in [-0.2, -0.15) is 5.26 Å². The molecule has 1 nitrogen and oxygen atoms in total. The maximum absolute atomic E-state index is 8.17. The third-order valence-electron chi connectivity index (χ3n) is 0.882. The van der Waals surface area contributed by atoms with E-state index < -0.39 is 0 Å². The van der Waals surface area contributed by atoms with Crippen molar-refractivity contribution in [2.75, 3.05) is 0 Å². The molecular weight excluding hydrogens is 118 g/mol. The van der Waals surface area contributed by atoms with Crippen LogP contribution in [0.25, 0.3) is 0 Å². The van der Waals surface area contributed by atoms with Crippen molar-refractivity contribution in [2.45, 2.75) is 26.2 Å². The minimum absolute atomic E-state index is 0.534. The smallest absolute Gasteiger partial charge is 0.106 e. The van der Waals surface area contributed by atoms with Crippen molar-refractivity contribution in [3.8, 4) is 6.07 Å². The first kappa shape index (κ1) is 7.58. The number of nitriles is 1. The second kappa shape index (κ2) is 4.73. The molecule has 0 saturated carbocycles. The molecule has 8 heavy (non-hydrogen) atoms. The molecule has 0 aliphatic rings. The SMILES string of the molecule is CCCCC(=S)C#N. The van der Waals surface area contributed by atoms with E-state index in [1.54, 1.807) is 0 Å². The average molecular weight is 127 g/mol. The molecule has 0 spiro atoms. The van der Waals surface area contributed by atoms with E-state index in [4.69, 9.17) is 5.26 Å². The summed E-state index contributed by atoms with van der Waals surface area (Å²) in [6.07, 6.45) is 2.95. The van der Waals surface area contributed by atoms with Gasteiger partial charge in [-0.15, -0.1) is 0 Å². The van der Waals surface area contributed by atoms with Crippen molar-refractivity contribution in [3.63, 3.8) is 0 Å². The molecule has 44 valence electrons. The average Bonchev–Trinajstić information content (AvgIpc) is 1.83. The highest BCUT2D eigenvalue weighted by Gasteiger charge is 1.89. The zero-order valence-corrected chi connectivity index (χ0v) is 5.79. The lowest BCUT2D eigenvalue weighted by Crippen LogP contribution is -1.86. The Morgan fingerprint density at radius 3 is 2.75 bits per heavy atom. The number of rotatable bonds is 3. The van der Waals surface area contributed by atoms with Gasteiger partial charge in [0.15, 0.2) is 0 Å². The molecule has 2 heteroatoms. The van der Waals surface area contributed by atoms with Crippen molar-refractivity contribution < 1.29 is 0 Å². The second-order valence-electron chi connectivity index (χ2n) is 1.64. The second-order valence-corrected chi connectivity index (χ2v) is 2.13. The van der Waals surface area contributed by atoms with E-state index in [1.165, 1.54) is 0 Å². The van der Waals surface area contributed by atoms with Crippen molar-refractivity contribution in [1.82, 2.24) is 0 Å². The predicted molar refractivity (Wildman–Crippen MR) is 37.7 cm³/mol. The summed E-state index contributed by atoms with van der Waals surface area (Å²) in [5, 5.41) is 8.17. The van der Waals surface area contributed by atoms with Crippen molar-refractivity contribution in [1.29, 1.82) is 5.26 Å². The van der Waals surface area contributed by atoms with Gasteiger partial charge in [0.25, 0.3) is 0 Å². The Kier molecular flexibility index (Phi) is 4.48. The van der Waals surface area contributed by atoms with E-state index in [9.17, 15) is 0 Å². The van der Waals surface area contributed by atoms with Gasteiger partial charge in [-0.1, -0.05) is 25.6 Å². The Morgan fingerprint density at radius 1 is 1.75 bits per heavy atom. The van der Waals surface area contributed by atoms with Crippen LogP contribution in [0.2, 0.25) is 0 Å². The lowest BCUT2D eigenvalue weighted by Gasteiger charge is -1.87. The molecule has 0 amide bonds. The zero-order valence-electron chi connectivity index (χ0n) is 4.98. The highest BCUT2D eigenvalue weighted by atomic mass is 32.1. The van der Waals surface area contributed by atoms with Crippen molar-refractivity contribution in [2.24, 2.45) is 0 Å². The van der Waals surface area contributed by atoms with Crippen molar-refractivity contribution in [3.05, 3.63) is 0 Å². The van der Waals surface area contributed by atoms with E-state index in [0.717, 1.165) is 19.3 Å². The first-order valence-corrected chi connectivity index (χ1v) is 3.15. The molecule has 0 aliphatic heterocycles. The number of nitrogens with zero attached hydrogens (tertiary/aromatic N) is 1. The lowest BCUT2D eigenvalue weighted by atomic mass is 10.2. The molecule has 0 N–H and O–H groups in total. The minimum Gasteiger partial charge on any atom is -0.192 e. The topological polar surface area (TPSA) is 23.8 Å². The minimum atomic E-state index is 0.534. The number of hydrogen-bond donors (Lipinski definition) is 0. The summed E-state index contributed by atoms with van der Waals surface area (Å²) in [4.78, 5) is 0.534. The van der Waals surface area contributed by atoms with E-state index >= 15 is 0 Å². The molecule has 0 bridgehead atoms. The molecule has 0 aromatic heterocycles. The Hall–Kier alpha value is -0.420. The maximum Gasteiger partial charge on any atom is 0.106 e. The van der Waals surface area contributed by atoms with Crippen LogP contribution in [0.15, 0.2) is 0 Å². The van der Waals surface area contributed by atoms with Gasteiger partial charge in [0.1, 0.15) is 6.07 Å². The van der Waals surface area contributed by atoms with Crippen LogP contribution in [-0.4, -0.2) is 4.86 Å². The molecule has 0 rings (SSSR count). The van der Waals surface area contributed by atoms with Gasteiger partial charge in [-0.05, 0) is 12.8 Å². The largest absolute Gasteiger partial charge is 0.192 e. The van der Waals surface area contributed by atoms with Crippen LogP contribution in [0.5, 0.6) is 0 Å². The van der Waals surface area contributed by atoms with Gasteiger partial charge < -0.3 is 0 Å². The highest BCUT2D eigenvalue weighted by molar-refractivity contribution is 7.80. The van der Waals surface area contributed by atoms with Gasteiger partial charge >= 0.3 is 0 Å².